The highest BCUT2D eigenvalue weighted by atomic mass is 32.2. The van der Waals surface area contributed by atoms with E-state index >= 15 is 0 Å². The first-order chi connectivity index (χ1) is 10.2. The number of carbonyl (C=O) groups is 1. The number of methoxy groups -OCH3 is 1. The first-order valence-electron chi connectivity index (χ1n) is 6.65. The minimum atomic E-state index is -3.94. The van der Waals surface area contributed by atoms with Crippen LogP contribution in [0.15, 0.2) is 51.9 Å². The van der Waals surface area contributed by atoms with Crippen molar-refractivity contribution < 1.29 is 17.9 Å². The molecule has 120 valence electrons. The summed E-state index contributed by atoms with van der Waals surface area (Å²) in [4.78, 5) is 13.4. The van der Waals surface area contributed by atoms with Crippen LogP contribution in [0.2, 0.25) is 0 Å². The highest BCUT2D eigenvalue weighted by molar-refractivity contribution is 7.96. The second-order valence-electron chi connectivity index (χ2n) is 5.10. The molecule has 0 heterocycles. The van der Waals surface area contributed by atoms with Crippen molar-refractivity contribution in [3.63, 3.8) is 0 Å². The summed E-state index contributed by atoms with van der Waals surface area (Å²) in [6.45, 7) is 3.43. The normalized spacial score (nSPS) is 13.0. The van der Waals surface area contributed by atoms with Gasteiger partial charge in [0.2, 0.25) is 9.84 Å². The lowest BCUT2D eigenvalue weighted by Crippen LogP contribution is -2.17. The SMILES string of the molecule is COC(=O)/C(=C(C)/C=C/N(C)C)S(=O)(=O)c1ccc(C)cc1. The van der Waals surface area contributed by atoms with Gasteiger partial charge in [-0.3, -0.25) is 0 Å². The summed E-state index contributed by atoms with van der Waals surface area (Å²) < 4.78 is 30.1. The molecular formula is C16H21NO4S. The van der Waals surface area contributed by atoms with E-state index in [1.165, 1.54) is 12.1 Å². The van der Waals surface area contributed by atoms with E-state index in [0.29, 0.717) is 5.57 Å². The average Bonchev–Trinajstić information content (AvgIpc) is 2.45. The number of ether oxygens (including phenoxy) is 1. The fourth-order valence-corrected chi connectivity index (χ4v) is 3.27. The van der Waals surface area contributed by atoms with Gasteiger partial charge in [0.15, 0.2) is 4.91 Å². The van der Waals surface area contributed by atoms with Crippen molar-refractivity contribution in [3.8, 4) is 0 Å². The fraction of sp³-hybridized carbons (Fsp3) is 0.312. The monoisotopic (exact) mass is 323 g/mol. The maximum atomic E-state index is 12.7. The summed E-state index contributed by atoms with van der Waals surface area (Å²) in [7, 11) is 0.825. The quantitative estimate of drug-likeness (QED) is 0.472. The number of esters is 1. The van der Waals surface area contributed by atoms with Crippen LogP contribution in [-0.4, -0.2) is 40.5 Å². The van der Waals surface area contributed by atoms with Crippen LogP contribution in [0, 0.1) is 6.92 Å². The van der Waals surface area contributed by atoms with Crippen LogP contribution >= 0.6 is 0 Å². The number of benzene rings is 1. The van der Waals surface area contributed by atoms with Gasteiger partial charge in [-0.1, -0.05) is 17.7 Å². The first-order valence-corrected chi connectivity index (χ1v) is 8.14. The maximum Gasteiger partial charge on any atom is 0.350 e. The third-order valence-corrected chi connectivity index (χ3v) is 4.87. The molecule has 0 fully saturated rings. The summed E-state index contributed by atoms with van der Waals surface area (Å²) in [5.74, 6) is -0.874. The zero-order valence-corrected chi connectivity index (χ0v) is 14.3. The van der Waals surface area contributed by atoms with Crippen molar-refractivity contribution in [1.82, 2.24) is 4.90 Å². The predicted octanol–water partition coefficient (Wildman–Crippen LogP) is 2.29. The lowest BCUT2D eigenvalue weighted by atomic mass is 10.2. The Hall–Kier alpha value is -2.08. The summed E-state index contributed by atoms with van der Waals surface area (Å²) in [5.41, 5.74) is 1.26. The Kier molecular flexibility index (Phi) is 5.93. The molecule has 6 heteroatoms. The van der Waals surface area contributed by atoms with Crippen LogP contribution in [0.4, 0.5) is 0 Å². The number of sulfone groups is 1. The Morgan fingerprint density at radius 1 is 1.18 bits per heavy atom. The third-order valence-electron chi connectivity index (χ3n) is 2.95. The molecular weight excluding hydrogens is 302 g/mol. The molecule has 0 spiro atoms. The van der Waals surface area contributed by atoms with Crippen molar-refractivity contribution in [2.45, 2.75) is 18.7 Å². The molecule has 0 aliphatic rings. The largest absolute Gasteiger partial charge is 0.465 e. The number of aryl methyl sites for hydroxylation is 1. The molecule has 1 aromatic carbocycles. The molecule has 5 nitrogen and oxygen atoms in total. The summed E-state index contributed by atoms with van der Waals surface area (Å²) in [6, 6.07) is 6.34. The van der Waals surface area contributed by atoms with E-state index in [0.717, 1.165) is 12.7 Å². The van der Waals surface area contributed by atoms with Crippen LogP contribution in [0.25, 0.3) is 0 Å². The highest BCUT2D eigenvalue weighted by Gasteiger charge is 2.29. The second kappa shape index (κ2) is 7.26. The molecule has 22 heavy (non-hydrogen) atoms. The Balaban J connectivity index is 3.48. The molecule has 0 radical (unpaired) electrons. The van der Waals surface area contributed by atoms with Gasteiger partial charge in [0.25, 0.3) is 0 Å². The zero-order valence-electron chi connectivity index (χ0n) is 13.5. The molecule has 0 bridgehead atoms. The molecule has 0 aromatic heterocycles. The molecule has 0 atom stereocenters. The van der Waals surface area contributed by atoms with E-state index in [4.69, 9.17) is 0 Å². The number of rotatable bonds is 5. The third kappa shape index (κ3) is 4.21. The van der Waals surface area contributed by atoms with Crippen molar-refractivity contribution in [1.29, 1.82) is 0 Å². The van der Waals surface area contributed by atoms with Crippen molar-refractivity contribution in [2.24, 2.45) is 0 Å². The van der Waals surface area contributed by atoms with Gasteiger partial charge in [-0.25, -0.2) is 13.2 Å². The van der Waals surface area contributed by atoms with Gasteiger partial charge in [-0.15, -0.1) is 0 Å². The van der Waals surface area contributed by atoms with Gasteiger partial charge in [-0.05, 0) is 43.8 Å². The van der Waals surface area contributed by atoms with Crippen molar-refractivity contribution in [2.75, 3.05) is 21.2 Å². The second-order valence-corrected chi connectivity index (χ2v) is 6.99. The molecule has 0 aliphatic heterocycles. The van der Waals surface area contributed by atoms with Crippen molar-refractivity contribution >= 4 is 15.8 Å². The molecule has 0 aliphatic carbocycles. The molecule has 0 saturated heterocycles. The summed E-state index contributed by atoms with van der Waals surface area (Å²) in [6.07, 6.45) is 3.24. The molecule has 0 saturated carbocycles. The minimum Gasteiger partial charge on any atom is -0.465 e. The Bertz CT molecular complexity index is 698. The summed E-state index contributed by atoms with van der Waals surface area (Å²) >= 11 is 0. The molecule has 1 aromatic rings. The van der Waals surface area contributed by atoms with E-state index in [1.807, 2.05) is 6.92 Å². The first kappa shape index (κ1) is 18.0. The van der Waals surface area contributed by atoms with Gasteiger partial charge in [0, 0.05) is 14.1 Å². The van der Waals surface area contributed by atoms with Gasteiger partial charge in [-0.2, -0.15) is 0 Å². The number of carbonyl (C=O) groups excluding carboxylic acids is 1. The lowest BCUT2D eigenvalue weighted by Gasteiger charge is -2.11. The van der Waals surface area contributed by atoms with Crippen LogP contribution in [0.3, 0.4) is 0 Å². The van der Waals surface area contributed by atoms with E-state index in [-0.39, 0.29) is 9.80 Å². The molecule has 0 unspecified atom stereocenters. The predicted molar refractivity (Wildman–Crippen MR) is 85.9 cm³/mol. The van der Waals surface area contributed by atoms with Crippen LogP contribution in [0.1, 0.15) is 12.5 Å². The van der Waals surface area contributed by atoms with Crippen molar-refractivity contribution in [3.05, 3.63) is 52.6 Å². The Morgan fingerprint density at radius 3 is 2.18 bits per heavy atom. The minimum absolute atomic E-state index is 0.0658. The number of nitrogens with zero attached hydrogens (tertiary/aromatic N) is 1. The smallest absolute Gasteiger partial charge is 0.350 e. The average molecular weight is 323 g/mol. The Morgan fingerprint density at radius 2 is 1.73 bits per heavy atom. The molecule has 0 amide bonds. The van der Waals surface area contributed by atoms with Crippen LogP contribution in [0.5, 0.6) is 0 Å². The number of allylic oxidation sites excluding steroid dienone is 2. The van der Waals surface area contributed by atoms with Crippen LogP contribution in [-0.2, 0) is 19.4 Å². The van der Waals surface area contributed by atoms with E-state index in [2.05, 4.69) is 4.74 Å². The van der Waals surface area contributed by atoms with E-state index in [1.54, 1.807) is 50.3 Å². The van der Waals surface area contributed by atoms with Crippen LogP contribution < -0.4 is 0 Å². The van der Waals surface area contributed by atoms with Gasteiger partial charge in [0.1, 0.15) is 0 Å². The van der Waals surface area contributed by atoms with Gasteiger partial charge < -0.3 is 9.64 Å². The maximum absolute atomic E-state index is 12.7. The molecule has 0 N–H and O–H groups in total. The fourth-order valence-electron chi connectivity index (χ4n) is 1.75. The standard InChI is InChI=1S/C16H21NO4S/c1-12-6-8-14(9-7-12)22(19,20)15(16(18)21-5)13(2)10-11-17(3)4/h6-11H,1-5H3/b11-10+,15-13-. The van der Waals surface area contributed by atoms with E-state index < -0.39 is 15.8 Å². The lowest BCUT2D eigenvalue weighted by molar-refractivity contribution is -0.135. The highest BCUT2D eigenvalue weighted by Crippen LogP contribution is 2.24. The topological polar surface area (TPSA) is 63.7 Å². The van der Waals surface area contributed by atoms with Gasteiger partial charge in [0.05, 0.1) is 12.0 Å². The van der Waals surface area contributed by atoms with Gasteiger partial charge >= 0.3 is 5.97 Å². The zero-order chi connectivity index (χ0) is 16.9. The number of hydrogen-bond acceptors (Lipinski definition) is 5. The summed E-state index contributed by atoms with van der Waals surface area (Å²) in [5, 5.41) is 0. The number of hydrogen-bond donors (Lipinski definition) is 0. The molecule has 1 rings (SSSR count). The Labute approximate surface area is 131 Å². The van der Waals surface area contributed by atoms with E-state index in [9.17, 15) is 13.2 Å².